The van der Waals surface area contributed by atoms with Crippen molar-refractivity contribution in [3.8, 4) is 0 Å². The molecular formula is C11H17NOS. The average Bonchev–Trinajstić information content (AvgIpc) is 2.59. The minimum absolute atomic E-state index is 0.237. The normalized spacial score (nSPS) is 34.0. The summed E-state index contributed by atoms with van der Waals surface area (Å²) in [4.78, 5) is 0. The van der Waals surface area contributed by atoms with Crippen LogP contribution in [0.25, 0.3) is 0 Å². The Labute approximate surface area is 89.3 Å². The molecule has 1 saturated heterocycles. The molecule has 1 fully saturated rings. The third kappa shape index (κ3) is 2.35. The summed E-state index contributed by atoms with van der Waals surface area (Å²) in [7, 11) is 0. The maximum atomic E-state index is 5.97. The van der Waals surface area contributed by atoms with Gasteiger partial charge in [-0.2, -0.15) is 11.3 Å². The van der Waals surface area contributed by atoms with E-state index in [2.05, 4.69) is 36.0 Å². The third-order valence-electron chi connectivity index (χ3n) is 2.65. The van der Waals surface area contributed by atoms with Gasteiger partial charge in [0.2, 0.25) is 0 Å². The van der Waals surface area contributed by atoms with Crippen LogP contribution < -0.4 is 5.32 Å². The summed E-state index contributed by atoms with van der Waals surface area (Å²) in [5.41, 5.74) is 1.31. The zero-order valence-corrected chi connectivity index (χ0v) is 9.51. The van der Waals surface area contributed by atoms with E-state index < -0.39 is 0 Å². The molecule has 0 spiro atoms. The van der Waals surface area contributed by atoms with Crippen LogP contribution >= 0.6 is 11.3 Å². The minimum Gasteiger partial charge on any atom is -0.369 e. The van der Waals surface area contributed by atoms with Gasteiger partial charge in [0.25, 0.3) is 0 Å². The summed E-state index contributed by atoms with van der Waals surface area (Å²) in [6, 6.07) is 2.72. The number of hydrogen-bond acceptors (Lipinski definition) is 3. The molecule has 1 N–H and O–H groups in total. The molecule has 1 aromatic heterocycles. The van der Waals surface area contributed by atoms with Gasteiger partial charge in [-0.1, -0.05) is 0 Å². The number of hydrogen-bond donors (Lipinski definition) is 1. The molecule has 78 valence electrons. The van der Waals surface area contributed by atoms with Crippen molar-refractivity contribution >= 4 is 11.3 Å². The smallest absolute Gasteiger partial charge is 0.0960 e. The van der Waals surface area contributed by atoms with Crippen LogP contribution in [0.4, 0.5) is 0 Å². The van der Waals surface area contributed by atoms with Gasteiger partial charge in [0.05, 0.1) is 12.2 Å². The number of ether oxygens (including phenoxy) is 1. The fourth-order valence-corrected chi connectivity index (χ4v) is 2.63. The topological polar surface area (TPSA) is 21.3 Å². The second-order valence-corrected chi connectivity index (χ2v) is 4.82. The summed E-state index contributed by atoms with van der Waals surface area (Å²) in [5, 5.41) is 7.78. The predicted octanol–water partition coefficient (Wildman–Crippen LogP) is 2.58. The molecule has 0 radical (unpaired) electrons. The van der Waals surface area contributed by atoms with E-state index in [1.807, 2.05) is 0 Å². The van der Waals surface area contributed by atoms with Crippen molar-refractivity contribution in [3.05, 3.63) is 22.4 Å². The molecular weight excluding hydrogens is 194 g/mol. The highest BCUT2D eigenvalue weighted by Crippen LogP contribution is 2.24. The van der Waals surface area contributed by atoms with E-state index in [1.165, 1.54) is 5.56 Å². The standard InChI is InChI=1S/C11H17NOS/c1-8-5-9(2)13-11(6-12-8)10-3-4-14-7-10/h3-4,7-9,11-12H,5-6H2,1-2H3. The lowest BCUT2D eigenvalue weighted by Gasteiger charge is -2.17. The average molecular weight is 211 g/mol. The molecule has 14 heavy (non-hydrogen) atoms. The van der Waals surface area contributed by atoms with Crippen molar-refractivity contribution in [1.82, 2.24) is 5.32 Å². The fraction of sp³-hybridized carbons (Fsp3) is 0.636. The highest BCUT2D eigenvalue weighted by Gasteiger charge is 2.22. The summed E-state index contributed by atoms with van der Waals surface area (Å²) in [6.07, 6.45) is 1.69. The summed E-state index contributed by atoms with van der Waals surface area (Å²) in [6.45, 7) is 5.31. The quantitative estimate of drug-likeness (QED) is 0.771. The van der Waals surface area contributed by atoms with E-state index in [-0.39, 0.29) is 6.10 Å². The van der Waals surface area contributed by atoms with Gasteiger partial charge >= 0.3 is 0 Å². The zero-order chi connectivity index (χ0) is 9.97. The molecule has 3 heteroatoms. The number of rotatable bonds is 1. The maximum Gasteiger partial charge on any atom is 0.0960 e. The summed E-state index contributed by atoms with van der Waals surface area (Å²) >= 11 is 1.73. The third-order valence-corrected chi connectivity index (χ3v) is 3.35. The van der Waals surface area contributed by atoms with E-state index >= 15 is 0 Å². The summed E-state index contributed by atoms with van der Waals surface area (Å²) in [5.74, 6) is 0. The molecule has 1 aliphatic rings. The molecule has 2 nitrogen and oxygen atoms in total. The molecule has 0 amide bonds. The Balaban J connectivity index is 2.06. The molecule has 1 aliphatic heterocycles. The molecule has 0 aromatic carbocycles. The van der Waals surface area contributed by atoms with Gasteiger partial charge in [-0.25, -0.2) is 0 Å². The van der Waals surface area contributed by atoms with Crippen molar-refractivity contribution in [2.75, 3.05) is 6.54 Å². The first-order valence-corrected chi connectivity index (χ1v) is 6.11. The van der Waals surface area contributed by atoms with Crippen molar-refractivity contribution in [2.45, 2.75) is 38.5 Å². The van der Waals surface area contributed by atoms with Gasteiger partial charge in [0.1, 0.15) is 0 Å². The first kappa shape index (κ1) is 10.1. The predicted molar refractivity (Wildman–Crippen MR) is 59.7 cm³/mol. The molecule has 3 unspecified atom stereocenters. The Morgan fingerprint density at radius 3 is 3.07 bits per heavy atom. The van der Waals surface area contributed by atoms with Gasteiger partial charge in [-0.3, -0.25) is 0 Å². The molecule has 3 atom stereocenters. The van der Waals surface area contributed by atoms with Crippen molar-refractivity contribution in [1.29, 1.82) is 0 Å². The van der Waals surface area contributed by atoms with E-state index in [9.17, 15) is 0 Å². The Morgan fingerprint density at radius 1 is 1.50 bits per heavy atom. The molecule has 0 bridgehead atoms. The Morgan fingerprint density at radius 2 is 2.36 bits per heavy atom. The lowest BCUT2D eigenvalue weighted by Crippen LogP contribution is -2.27. The maximum absolute atomic E-state index is 5.97. The molecule has 2 heterocycles. The van der Waals surface area contributed by atoms with Crippen molar-refractivity contribution < 1.29 is 4.74 Å². The van der Waals surface area contributed by atoms with Crippen LogP contribution in [0, 0.1) is 0 Å². The van der Waals surface area contributed by atoms with Gasteiger partial charge in [-0.05, 0) is 42.7 Å². The number of nitrogens with one attached hydrogen (secondary N) is 1. The Hall–Kier alpha value is -0.380. The lowest BCUT2D eigenvalue weighted by molar-refractivity contribution is 0.00740. The highest BCUT2D eigenvalue weighted by molar-refractivity contribution is 7.07. The Bertz CT molecular complexity index is 273. The van der Waals surface area contributed by atoms with Crippen LogP contribution in [-0.4, -0.2) is 18.7 Å². The SMILES string of the molecule is CC1CC(C)OC(c2ccsc2)CN1. The molecule has 0 aliphatic carbocycles. The fourth-order valence-electron chi connectivity index (χ4n) is 1.93. The van der Waals surface area contributed by atoms with Crippen LogP contribution in [-0.2, 0) is 4.74 Å². The zero-order valence-electron chi connectivity index (χ0n) is 8.69. The van der Waals surface area contributed by atoms with Crippen LogP contribution in [0.5, 0.6) is 0 Å². The van der Waals surface area contributed by atoms with E-state index in [0.717, 1.165) is 13.0 Å². The largest absolute Gasteiger partial charge is 0.369 e. The molecule has 0 saturated carbocycles. The van der Waals surface area contributed by atoms with Crippen LogP contribution in [0.15, 0.2) is 16.8 Å². The highest BCUT2D eigenvalue weighted by atomic mass is 32.1. The van der Waals surface area contributed by atoms with Gasteiger partial charge in [-0.15, -0.1) is 0 Å². The van der Waals surface area contributed by atoms with Crippen LogP contribution in [0.3, 0.4) is 0 Å². The van der Waals surface area contributed by atoms with Gasteiger partial charge in [0, 0.05) is 12.6 Å². The van der Waals surface area contributed by atoms with Gasteiger partial charge < -0.3 is 10.1 Å². The summed E-state index contributed by atoms with van der Waals surface area (Å²) < 4.78 is 5.97. The van der Waals surface area contributed by atoms with Crippen LogP contribution in [0.2, 0.25) is 0 Å². The minimum atomic E-state index is 0.237. The molecule has 2 rings (SSSR count). The van der Waals surface area contributed by atoms with Crippen LogP contribution in [0.1, 0.15) is 31.9 Å². The van der Waals surface area contributed by atoms with E-state index in [0.29, 0.717) is 12.1 Å². The second kappa shape index (κ2) is 4.43. The second-order valence-electron chi connectivity index (χ2n) is 4.04. The lowest BCUT2D eigenvalue weighted by atomic mass is 10.2. The van der Waals surface area contributed by atoms with Gasteiger partial charge in [0.15, 0.2) is 0 Å². The van der Waals surface area contributed by atoms with Crippen molar-refractivity contribution in [3.63, 3.8) is 0 Å². The Kier molecular flexibility index (Phi) is 3.21. The van der Waals surface area contributed by atoms with E-state index in [1.54, 1.807) is 11.3 Å². The molecule has 1 aromatic rings. The van der Waals surface area contributed by atoms with Crippen molar-refractivity contribution in [2.24, 2.45) is 0 Å². The van der Waals surface area contributed by atoms with E-state index in [4.69, 9.17) is 4.74 Å². The first-order valence-electron chi connectivity index (χ1n) is 5.16. The number of thiophene rings is 1. The first-order chi connectivity index (χ1) is 6.75. The monoisotopic (exact) mass is 211 g/mol.